The Kier molecular flexibility index (Phi) is 3.68. The second-order valence-electron chi connectivity index (χ2n) is 5.40. The van der Waals surface area contributed by atoms with Gasteiger partial charge in [-0.25, -0.2) is 0 Å². The summed E-state index contributed by atoms with van der Waals surface area (Å²) in [5.41, 5.74) is -0.590. The molecule has 2 rings (SSSR count). The normalized spacial score (nSPS) is 24.1. The number of nitrogens with zero attached hydrogens (tertiary/aromatic N) is 1. The largest absolute Gasteiger partial charge is 0.480 e. The first-order valence-corrected chi connectivity index (χ1v) is 6.62. The van der Waals surface area contributed by atoms with E-state index >= 15 is 0 Å². The van der Waals surface area contributed by atoms with E-state index in [0.717, 1.165) is 43.4 Å². The highest BCUT2D eigenvalue weighted by molar-refractivity contribution is 6.07. The molecule has 1 saturated heterocycles. The molecule has 1 N–H and O–H groups in total. The number of imide groups is 1. The summed E-state index contributed by atoms with van der Waals surface area (Å²) >= 11 is 0. The van der Waals surface area contributed by atoms with E-state index in [4.69, 9.17) is 5.11 Å². The van der Waals surface area contributed by atoms with Gasteiger partial charge < -0.3 is 5.11 Å². The van der Waals surface area contributed by atoms with Gasteiger partial charge in [0, 0.05) is 6.42 Å². The van der Waals surface area contributed by atoms with Gasteiger partial charge in [-0.2, -0.15) is 0 Å². The molecule has 2 aliphatic rings. The maximum Gasteiger partial charge on any atom is 0.323 e. The van der Waals surface area contributed by atoms with Crippen molar-refractivity contribution in [2.24, 2.45) is 5.41 Å². The van der Waals surface area contributed by atoms with E-state index in [9.17, 15) is 14.4 Å². The van der Waals surface area contributed by atoms with Gasteiger partial charge in [0.05, 0.1) is 5.41 Å². The zero-order valence-corrected chi connectivity index (χ0v) is 10.5. The van der Waals surface area contributed by atoms with Gasteiger partial charge in [0.2, 0.25) is 11.8 Å². The lowest BCUT2D eigenvalue weighted by Gasteiger charge is -2.28. The van der Waals surface area contributed by atoms with E-state index < -0.39 is 17.9 Å². The molecule has 2 fully saturated rings. The number of hydrogen-bond donors (Lipinski definition) is 1. The molecule has 100 valence electrons. The number of carboxylic acid groups (broad SMARTS) is 1. The number of amides is 2. The Morgan fingerprint density at radius 1 is 1.11 bits per heavy atom. The standard InChI is InChI=1S/C13H19NO4/c15-10-8-13(6-4-2-1-3-5-7-13)12(18)14(10)9-11(16)17/h1-9H2,(H,16,17). The molecule has 0 atom stereocenters. The molecule has 0 unspecified atom stereocenters. The van der Waals surface area contributed by atoms with Crippen LogP contribution in [0.25, 0.3) is 0 Å². The van der Waals surface area contributed by atoms with Crippen LogP contribution in [0, 0.1) is 5.41 Å². The minimum absolute atomic E-state index is 0.207. The number of carbonyl (C=O) groups excluding carboxylic acids is 2. The summed E-state index contributed by atoms with van der Waals surface area (Å²) in [6.07, 6.45) is 6.97. The topological polar surface area (TPSA) is 74.7 Å². The minimum Gasteiger partial charge on any atom is -0.480 e. The van der Waals surface area contributed by atoms with Crippen molar-refractivity contribution < 1.29 is 19.5 Å². The van der Waals surface area contributed by atoms with Crippen molar-refractivity contribution in [2.45, 2.75) is 51.4 Å². The smallest absolute Gasteiger partial charge is 0.323 e. The molecule has 1 aliphatic carbocycles. The SMILES string of the molecule is O=C(O)CN1C(=O)CC2(CCCCCCC2)C1=O. The van der Waals surface area contributed by atoms with Crippen LogP contribution in [0.3, 0.4) is 0 Å². The maximum absolute atomic E-state index is 12.3. The molecular formula is C13H19NO4. The van der Waals surface area contributed by atoms with Gasteiger partial charge in [0.1, 0.15) is 6.54 Å². The molecule has 5 heteroatoms. The molecule has 18 heavy (non-hydrogen) atoms. The summed E-state index contributed by atoms with van der Waals surface area (Å²) < 4.78 is 0. The number of rotatable bonds is 2. The van der Waals surface area contributed by atoms with Gasteiger partial charge in [0.15, 0.2) is 0 Å². The second-order valence-corrected chi connectivity index (χ2v) is 5.40. The van der Waals surface area contributed by atoms with Crippen LogP contribution < -0.4 is 0 Å². The van der Waals surface area contributed by atoms with Gasteiger partial charge in [-0.1, -0.05) is 32.1 Å². The van der Waals surface area contributed by atoms with Crippen LogP contribution in [0.1, 0.15) is 51.4 Å². The second kappa shape index (κ2) is 5.08. The molecule has 1 saturated carbocycles. The number of hydrogen-bond acceptors (Lipinski definition) is 3. The molecule has 2 amide bonds. The summed E-state index contributed by atoms with van der Waals surface area (Å²) in [4.78, 5) is 35.8. The third kappa shape index (κ3) is 2.40. The van der Waals surface area contributed by atoms with Crippen molar-refractivity contribution in [2.75, 3.05) is 6.54 Å². The van der Waals surface area contributed by atoms with Crippen LogP contribution in [0.2, 0.25) is 0 Å². The lowest BCUT2D eigenvalue weighted by Crippen LogP contribution is -2.39. The maximum atomic E-state index is 12.3. The fourth-order valence-corrected chi connectivity index (χ4v) is 3.13. The Morgan fingerprint density at radius 3 is 2.22 bits per heavy atom. The zero-order chi connectivity index (χ0) is 13.2. The van der Waals surface area contributed by atoms with E-state index in [1.165, 1.54) is 6.42 Å². The van der Waals surface area contributed by atoms with Crippen LogP contribution in [0.5, 0.6) is 0 Å². The Bertz CT molecular complexity index is 369. The molecule has 5 nitrogen and oxygen atoms in total. The van der Waals surface area contributed by atoms with E-state index in [-0.39, 0.29) is 18.2 Å². The summed E-state index contributed by atoms with van der Waals surface area (Å²) in [6.45, 7) is -0.487. The summed E-state index contributed by atoms with van der Waals surface area (Å²) in [6, 6.07) is 0. The van der Waals surface area contributed by atoms with Gasteiger partial charge >= 0.3 is 5.97 Å². The van der Waals surface area contributed by atoms with Gasteiger partial charge in [0.25, 0.3) is 0 Å². The molecule has 0 aromatic carbocycles. The summed E-state index contributed by atoms with van der Waals surface area (Å²) in [7, 11) is 0. The molecule has 0 bridgehead atoms. The molecule has 1 spiro atoms. The van der Waals surface area contributed by atoms with Crippen molar-refractivity contribution >= 4 is 17.8 Å². The van der Waals surface area contributed by atoms with Crippen molar-refractivity contribution in [3.63, 3.8) is 0 Å². The molecule has 1 aliphatic heterocycles. The minimum atomic E-state index is -1.13. The van der Waals surface area contributed by atoms with Gasteiger partial charge in [-0.15, -0.1) is 0 Å². The highest BCUT2D eigenvalue weighted by atomic mass is 16.4. The number of likely N-dealkylation sites (tertiary alicyclic amines) is 1. The Balaban J connectivity index is 2.15. The quantitative estimate of drug-likeness (QED) is 0.758. The Hall–Kier alpha value is -1.39. The average Bonchev–Trinajstić information content (AvgIpc) is 2.49. The fourth-order valence-electron chi connectivity index (χ4n) is 3.13. The number of carboxylic acids is 1. The molecule has 0 aromatic heterocycles. The Morgan fingerprint density at radius 2 is 1.67 bits per heavy atom. The molecule has 0 aromatic rings. The highest BCUT2D eigenvalue weighted by Crippen LogP contribution is 2.43. The molecular weight excluding hydrogens is 234 g/mol. The van der Waals surface area contributed by atoms with Crippen molar-refractivity contribution in [3.8, 4) is 0 Å². The van der Waals surface area contributed by atoms with Crippen molar-refractivity contribution in [1.82, 2.24) is 4.90 Å². The zero-order valence-electron chi connectivity index (χ0n) is 10.5. The van der Waals surface area contributed by atoms with E-state index in [1.54, 1.807) is 0 Å². The predicted molar refractivity (Wildman–Crippen MR) is 63.7 cm³/mol. The predicted octanol–water partition coefficient (Wildman–Crippen LogP) is 1.56. The Labute approximate surface area is 106 Å². The fraction of sp³-hybridized carbons (Fsp3) is 0.769. The van der Waals surface area contributed by atoms with Crippen LogP contribution in [0.4, 0.5) is 0 Å². The molecule has 0 radical (unpaired) electrons. The van der Waals surface area contributed by atoms with Crippen LogP contribution in [-0.2, 0) is 14.4 Å². The lowest BCUT2D eigenvalue weighted by molar-refractivity contribution is -0.150. The lowest BCUT2D eigenvalue weighted by atomic mass is 9.75. The monoisotopic (exact) mass is 253 g/mol. The van der Waals surface area contributed by atoms with Crippen molar-refractivity contribution in [3.05, 3.63) is 0 Å². The van der Waals surface area contributed by atoms with Crippen LogP contribution in [-0.4, -0.2) is 34.3 Å². The van der Waals surface area contributed by atoms with Gasteiger partial charge in [-0.3, -0.25) is 19.3 Å². The van der Waals surface area contributed by atoms with Gasteiger partial charge in [-0.05, 0) is 12.8 Å². The van der Waals surface area contributed by atoms with E-state index in [1.807, 2.05) is 0 Å². The first kappa shape index (κ1) is 13.1. The molecule has 1 heterocycles. The van der Waals surface area contributed by atoms with E-state index in [2.05, 4.69) is 0 Å². The number of carbonyl (C=O) groups is 3. The van der Waals surface area contributed by atoms with Crippen molar-refractivity contribution in [1.29, 1.82) is 0 Å². The average molecular weight is 253 g/mol. The summed E-state index contributed by atoms with van der Waals surface area (Å²) in [5.74, 6) is -1.70. The summed E-state index contributed by atoms with van der Waals surface area (Å²) in [5, 5.41) is 8.75. The first-order valence-electron chi connectivity index (χ1n) is 6.62. The number of aliphatic carboxylic acids is 1. The third-order valence-corrected chi connectivity index (χ3v) is 4.09. The first-order chi connectivity index (χ1) is 8.55. The van der Waals surface area contributed by atoms with Crippen LogP contribution in [0.15, 0.2) is 0 Å². The van der Waals surface area contributed by atoms with E-state index in [0.29, 0.717) is 0 Å². The van der Waals surface area contributed by atoms with Crippen LogP contribution >= 0.6 is 0 Å². The highest BCUT2D eigenvalue weighted by Gasteiger charge is 2.50. The third-order valence-electron chi connectivity index (χ3n) is 4.09.